The minimum absolute atomic E-state index is 0.235. The van der Waals surface area contributed by atoms with Crippen LogP contribution in [0.3, 0.4) is 0 Å². The molecular formula is C30H55N2O+. The molecule has 3 nitrogen and oxygen atoms in total. The number of amides is 1. The molecule has 0 fully saturated rings. The van der Waals surface area contributed by atoms with E-state index in [-0.39, 0.29) is 5.91 Å². The predicted molar refractivity (Wildman–Crippen MR) is 144 cm³/mol. The highest BCUT2D eigenvalue weighted by molar-refractivity contribution is 5.75. The SMILES string of the molecule is CCCCCCCCCCCCCCCCC(=O)NCC[N+](CC)(CC)Cc1ccccc1. The monoisotopic (exact) mass is 459 g/mol. The maximum Gasteiger partial charge on any atom is 0.220 e. The number of quaternary nitrogens is 1. The van der Waals surface area contributed by atoms with E-state index >= 15 is 0 Å². The van der Waals surface area contributed by atoms with E-state index in [0.29, 0.717) is 6.42 Å². The predicted octanol–water partition coefficient (Wildman–Crippen LogP) is 8.03. The van der Waals surface area contributed by atoms with Gasteiger partial charge in [0.2, 0.25) is 5.91 Å². The van der Waals surface area contributed by atoms with Crippen LogP contribution < -0.4 is 5.32 Å². The first kappa shape index (κ1) is 29.7. The van der Waals surface area contributed by atoms with Crippen molar-refractivity contribution in [2.45, 2.75) is 124 Å². The van der Waals surface area contributed by atoms with Crippen molar-refractivity contribution >= 4 is 5.91 Å². The maximum atomic E-state index is 12.3. The fourth-order valence-corrected chi connectivity index (χ4v) is 4.81. The van der Waals surface area contributed by atoms with Crippen LogP contribution in [0.2, 0.25) is 0 Å². The summed E-state index contributed by atoms with van der Waals surface area (Å²) in [5.74, 6) is 0.235. The Bertz CT molecular complexity index is 568. The third kappa shape index (κ3) is 15.2. The van der Waals surface area contributed by atoms with Gasteiger partial charge in [-0.3, -0.25) is 4.79 Å². The van der Waals surface area contributed by atoms with Crippen LogP contribution in [0.25, 0.3) is 0 Å². The summed E-state index contributed by atoms with van der Waals surface area (Å²) in [6.45, 7) is 11.8. The second-order valence-electron chi connectivity index (χ2n) is 10.0. The number of hydrogen-bond donors (Lipinski definition) is 1. The second-order valence-corrected chi connectivity index (χ2v) is 10.0. The van der Waals surface area contributed by atoms with Crippen molar-refractivity contribution in [3.8, 4) is 0 Å². The smallest absolute Gasteiger partial charge is 0.220 e. The van der Waals surface area contributed by atoms with Gasteiger partial charge in [-0.05, 0) is 20.3 Å². The number of unbranched alkanes of at least 4 members (excludes halogenated alkanes) is 13. The molecule has 0 spiro atoms. The van der Waals surface area contributed by atoms with Crippen molar-refractivity contribution in [3.05, 3.63) is 35.9 Å². The molecule has 0 aromatic heterocycles. The number of hydrogen-bond acceptors (Lipinski definition) is 1. The number of rotatable bonds is 22. The van der Waals surface area contributed by atoms with Gasteiger partial charge in [-0.1, -0.05) is 121 Å². The lowest BCUT2D eigenvalue weighted by atomic mass is 10.0. The Morgan fingerprint density at radius 2 is 1.18 bits per heavy atom. The summed E-state index contributed by atoms with van der Waals surface area (Å²) >= 11 is 0. The standard InChI is InChI=1S/C30H54N2O/c1-4-7-8-9-10-11-12-13-14-15-16-17-18-22-25-30(33)31-26-27-32(5-2,6-3)28-29-23-20-19-21-24-29/h19-21,23-24H,4-18,22,25-28H2,1-3H3/p+1. The van der Waals surface area contributed by atoms with Crippen molar-refractivity contribution in [2.24, 2.45) is 0 Å². The Morgan fingerprint density at radius 1 is 0.697 bits per heavy atom. The average Bonchev–Trinajstić information content (AvgIpc) is 2.84. The molecule has 0 unspecified atom stereocenters. The average molecular weight is 460 g/mol. The number of carbonyl (C=O) groups is 1. The molecule has 0 saturated heterocycles. The van der Waals surface area contributed by atoms with Gasteiger partial charge in [0.05, 0.1) is 26.2 Å². The summed E-state index contributed by atoms with van der Waals surface area (Å²) in [6, 6.07) is 10.7. The highest BCUT2D eigenvalue weighted by atomic mass is 16.1. The van der Waals surface area contributed by atoms with E-state index in [4.69, 9.17) is 0 Å². The summed E-state index contributed by atoms with van der Waals surface area (Å²) < 4.78 is 1.03. The Balaban J connectivity index is 2.00. The number of nitrogens with one attached hydrogen (secondary N) is 1. The third-order valence-electron chi connectivity index (χ3n) is 7.37. The van der Waals surface area contributed by atoms with Gasteiger partial charge in [0.15, 0.2) is 0 Å². The van der Waals surface area contributed by atoms with E-state index in [1.807, 2.05) is 0 Å². The van der Waals surface area contributed by atoms with Crippen molar-refractivity contribution in [3.63, 3.8) is 0 Å². The van der Waals surface area contributed by atoms with Gasteiger partial charge in [-0.15, -0.1) is 0 Å². The van der Waals surface area contributed by atoms with Gasteiger partial charge in [-0.25, -0.2) is 0 Å². The maximum absolute atomic E-state index is 12.3. The van der Waals surface area contributed by atoms with Crippen LogP contribution >= 0.6 is 0 Å². The summed E-state index contributed by atoms with van der Waals surface area (Å²) in [5, 5.41) is 3.18. The molecule has 0 atom stereocenters. The van der Waals surface area contributed by atoms with Gasteiger partial charge in [0, 0.05) is 12.0 Å². The van der Waals surface area contributed by atoms with E-state index in [1.165, 1.54) is 89.0 Å². The van der Waals surface area contributed by atoms with Crippen LogP contribution in [0.15, 0.2) is 30.3 Å². The molecule has 1 aromatic carbocycles. The molecule has 1 amide bonds. The molecule has 0 radical (unpaired) electrons. The quantitative estimate of drug-likeness (QED) is 0.138. The van der Waals surface area contributed by atoms with Crippen LogP contribution in [0.4, 0.5) is 0 Å². The zero-order valence-corrected chi connectivity index (χ0v) is 22.4. The molecule has 1 aromatic rings. The number of carbonyl (C=O) groups excluding carboxylic acids is 1. The van der Waals surface area contributed by atoms with Crippen LogP contribution in [-0.2, 0) is 11.3 Å². The lowest BCUT2D eigenvalue weighted by Crippen LogP contribution is -2.51. The van der Waals surface area contributed by atoms with Crippen molar-refractivity contribution in [2.75, 3.05) is 26.2 Å². The number of likely N-dealkylation sites (N-methyl/N-ethyl adjacent to an activating group) is 1. The van der Waals surface area contributed by atoms with Gasteiger partial charge >= 0.3 is 0 Å². The Morgan fingerprint density at radius 3 is 1.67 bits per heavy atom. The van der Waals surface area contributed by atoms with E-state index < -0.39 is 0 Å². The van der Waals surface area contributed by atoms with Crippen LogP contribution in [0.1, 0.15) is 123 Å². The van der Waals surface area contributed by atoms with Gasteiger partial charge in [0.25, 0.3) is 0 Å². The summed E-state index contributed by atoms with van der Waals surface area (Å²) in [6.07, 6.45) is 19.6. The number of nitrogens with zero attached hydrogens (tertiary/aromatic N) is 1. The minimum atomic E-state index is 0.235. The topological polar surface area (TPSA) is 29.1 Å². The highest BCUT2D eigenvalue weighted by Gasteiger charge is 2.23. The lowest BCUT2D eigenvalue weighted by molar-refractivity contribution is -0.936. The molecular weight excluding hydrogens is 404 g/mol. The molecule has 1 rings (SSSR count). The first-order valence-electron chi connectivity index (χ1n) is 14.3. The van der Waals surface area contributed by atoms with E-state index in [0.717, 1.165) is 43.6 Å². The molecule has 1 N–H and O–H groups in total. The molecule has 3 heteroatoms. The normalized spacial score (nSPS) is 11.6. The van der Waals surface area contributed by atoms with Crippen molar-refractivity contribution in [1.29, 1.82) is 0 Å². The van der Waals surface area contributed by atoms with Crippen molar-refractivity contribution in [1.82, 2.24) is 5.32 Å². The molecule has 0 saturated carbocycles. The molecule has 0 bridgehead atoms. The van der Waals surface area contributed by atoms with Crippen LogP contribution in [0, 0.1) is 0 Å². The molecule has 33 heavy (non-hydrogen) atoms. The summed E-state index contributed by atoms with van der Waals surface area (Å²) in [7, 11) is 0. The first-order chi connectivity index (χ1) is 16.2. The minimum Gasteiger partial charge on any atom is -0.350 e. The van der Waals surface area contributed by atoms with Crippen molar-refractivity contribution < 1.29 is 9.28 Å². The molecule has 0 aliphatic carbocycles. The molecule has 0 aliphatic heterocycles. The Labute approximate surface area is 206 Å². The zero-order valence-electron chi connectivity index (χ0n) is 22.4. The van der Waals surface area contributed by atoms with Gasteiger partial charge in [-0.2, -0.15) is 0 Å². The summed E-state index contributed by atoms with van der Waals surface area (Å²) in [5.41, 5.74) is 1.38. The Hall–Kier alpha value is -1.35. The van der Waals surface area contributed by atoms with E-state index in [2.05, 4.69) is 56.4 Å². The summed E-state index contributed by atoms with van der Waals surface area (Å²) in [4.78, 5) is 12.3. The highest BCUT2D eigenvalue weighted by Crippen LogP contribution is 2.15. The fourth-order valence-electron chi connectivity index (χ4n) is 4.81. The molecule has 0 heterocycles. The van der Waals surface area contributed by atoms with Gasteiger partial charge in [0.1, 0.15) is 6.54 Å². The van der Waals surface area contributed by atoms with Crippen LogP contribution in [-0.4, -0.2) is 36.6 Å². The first-order valence-corrected chi connectivity index (χ1v) is 14.3. The Kier molecular flexibility index (Phi) is 18.0. The third-order valence-corrected chi connectivity index (χ3v) is 7.37. The second kappa shape index (κ2) is 20.1. The van der Waals surface area contributed by atoms with E-state index in [1.54, 1.807) is 0 Å². The van der Waals surface area contributed by atoms with Gasteiger partial charge < -0.3 is 9.80 Å². The molecule has 190 valence electrons. The molecule has 0 aliphatic rings. The zero-order chi connectivity index (χ0) is 24.0. The number of benzene rings is 1. The fraction of sp³-hybridized carbons (Fsp3) is 0.767. The largest absolute Gasteiger partial charge is 0.350 e. The van der Waals surface area contributed by atoms with Crippen LogP contribution in [0.5, 0.6) is 0 Å². The lowest BCUT2D eigenvalue weighted by Gasteiger charge is -2.37. The van der Waals surface area contributed by atoms with E-state index in [9.17, 15) is 4.79 Å².